The van der Waals surface area contributed by atoms with E-state index in [4.69, 9.17) is 9.47 Å². The maximum atomic E-state index is 12.0. The van der Waals surface area contributed by atoms with Crippen molar-refractivity contribution in [1.29, 1.82) is 0 Å². The van der Waals surface area contributed by atoms with Gasteiger partial charge in [0.05, 0.1) is 5.41 Å². The van der Waals surface area contributed by atoms with Gasteiger partial charge in [-0.1, -0.05) is 6.92 Å². The molecule has 5 heteroatoms. The van der Waals surface area contributed by atoms with E-state index in [2.05, 4.69) is 5.32 Å². The fourth-order valence-corrected chi connectivity index (χ4v) is 1.93. The highest BCUT2D eigenvalue weighted by Crippen LogP contribution is 2.28. The van der Waals surface area contributed by atoms with Crippen LogP contribution < -0.4 is 5.32 Å². The summed E-state index contributed by atoms with van der Waals surface area (Å²) in [6, 6.07) is 0. The molecule has 1 fully saturated rings. The Morgan fingerprint density at radius 2 is 1.58 bits per heavy atom. The van der Waals surface area contributed by atoms with Crippen molar-refractivity contribution >= 4 is 12.1 Å². The molecule has 1 amide bonds. The first kappa shape index (κ1) is 15.8. The van der Waals surface area contributed by atoms with Crippen LogP contribution in [0.2, 0.25) is 0 Å². The van der Waals surface area contributed by atoms with Crippen molar-refractivity contribution in [2.24, 2.45) is 5.41 Å². The van der Waals surface area contributed by atoms with E-state index < -0.39 is 11.5 Å². The van der Waals surface area contributed by atoms with E-state index in [0.717, 1.165) is 32.1 Å². The average Bonchev–Trinajstić information content (AvgIpc) is 2.40. The van der Waals surface area contributed by atoms with Crippen LogP contribution in [0, 0.1) is 5.41 Å². The predicted molar refractivity (Wildman–Crippen MR) is 71.7 cm³/mol. The summed E-state index contributed by atoms with van der Waals surface area (Å²) < 4.78 is 10.7. The van der Waals surface area contributed by atoms with E-state index in [9.17, 15) is 9.59 Å². The topological polar surface area (TPSA) is 64.6 Å². The van der Waals surface area contributed by atoms with Gasteiger partial charge in [0, 0.05) is 7.05 Å². The Kier molecular flexibility index (Phi) is 5.63. The Morgan fingerprint density at radius 1 is 1.11 bits per heavy atom. The van der Waals surface area contributed by atoms with Gasteiger partial charge in [-0.15, -0.1) is 0 Å². The van der Waals surface area contributed by atoms with Crippen LogP contribution >= 0.6 is 0 Å². The lowest BCUT2D eigenvalue weighted by Gasteiger charge is -2.30. The standard InChI is InChI=1S/C14H25NO4/c1-5-14(2,3)12(16)18-10-6-8-11(9-7-10)19-13(17)15-4/h10-11H,5-9H2,1-4H3,(H,15,17). The number of nitrogens with one attached hydrogen (secondary N) is 1. The van der Waals surface area contributed by atoms with Crippen LogP contribution in [0.15, 0.2) is 0 Å². The molecule has 0 bridgehead atoms. The van der Waals surface area contributed by atoms with Gasteiger partial charge in [0.2, 0.25) is 0 Å². The lowest BCUT2D eigenvalue weighted by molar-refractivity contribution is -0.162. The number of hydrogen-bond donors (Lipinski definition) is 1. The molecule has 19 heavy (non-hydrogen) atoms. The zero-order chi connectivity index (χ0) is 14.5. The summed E-state index contributed by atoms with van der Waals surface area (Å²) in [5.41, 5.74) is -0.421. The molecule has 1 saturated carbocycles. The summed E-state index contributed by atoms with van der Waals surface area (Å²) in [5, 5.41) is 2.44. The van der Waals surface area contributed by atoms with Crippen LogP contribution in [0.4, 0.5) is 4.79 Å². The van der Waals surface area contributed by atoms with Crippen molar-refractivity contribution in [2.45, 2.75) is 65.1 Å². The van der Waals surface area contributed by atoms with Gasteiger partial charge in [0.1, 0.15) is 12.2 Å². The Bertz CT molecular complexity index is 319. The fraction of sp³-hybridized carbons (Fsp3) is 0.857. The first-order valence-electron chi connectivity index (χ1n) is 6.98. The summed E-state index contributed by atoms with van der Waals surface area (Å²) in [6.07, 6.45) is 3.28. The largest absolute Gasteiger partial charge is 0.462 e. The molecule has 0 saturated heterocycles. The van der Waals surface area contributed by atoms with E-state index in [1.54, 1.807) is 7.05 Å². The van der Waals surface area contributed by atoms with Gasteiger partial charge in [-0.2, -0.15) is 0 Å². The third-order valence-electron chi connectivity index (χ3n) is 3.81. The van der Waals surface area contributed by atoms with Gasteiger partial charge in [-0.05, 0) is 46.0 Å². The quantitative estimate of drug-likeness (QED) is 0.798. The number of carbonyl (C=O) groups is 2. The van der Waals surface area contributed by atoms with E-state index in [1.807, 2.05) is 20.8 Å². The summed E-state index contributed by atoms with van der Waals surface area (Å²) in [7, 11) is 1.54. The third kappa shape index (κ3) is 4.73. The molecule has 1 aliphatic carbocycles. The molecular weight excluding hydrogens is 246 g/mol. The number of hydrogen-bond acceptors (Lipinski definition) is 4. The van der Waals surface area contributed by atoms with Gasteiger partial charge >= 0.3 is 12.1 Å². The number of esters is 1. The summed E-state index contributed by atoms with van der Waals surface area (Å²) in [5.74, 6) is -0.134. The summed E-state index contributed by atoms with van der Waals surface area (Å²) in [6.45, 7) is 5.78. The van der Waals surface area contributed by atoms with Gasteiger partial charge in [0.25, 0.3) is 0 Å². The molecule has 0 aromatic heterocycles. The van der Waals surface area contributed by atoms with Crippen LogP contribution in [0.5, 0.6) is 0 Å². The lowest BCUT2D eigenvalue weighted by atomic mass is 9.90. The monoisotopic (exact) mass is 271 g/mol. The molecule has 0 atom stereocenters. The van der Waals surface area contributed by atoms with Crippen molar-refractivity contribution in [2.75, 3.05) is 7.05 Å². The highest BCUT2D eigenvalue weighted by molar-refractivity contribution is 5.76. The van der Waals surface area contributed by atoms with Crippen LogP contribution in [0.25, 0.3) is 0 Å². The smallest absolute Gasteiger partial charge is 0.407 e. The molecule has 0 heterocycles. The Labute approximate surface area is 115 Å². The second kappa shape index (κ2) is 6.78. The van der Waals surface area contributed by atoms with Crippen molar-refractivity contribution in [3.8, 4) is 0 Å². The predicted octanol–water partition coefficient (Wildman–Crippen LogP) is 2.63. The number of carbonyl (C=O) groups excluding carboxylic acids is 2. The molecule has 1 N–H and O–H groups in total. The van der Waals surface area contributed by atoms with Crippen molar-refractivity contribution in [3.05, 3.63) is 0 Å². The highest BCUT2D eigenvalue weighted by atomic mass is 16.6. The zero-order valence-corrected chi connectivity index (χ0v) is 12.3. The second-order valence-electron chi connectivity index (χ2n) is 5.70. The minimum absolute atomic E-state index is 0.0390. The maximum Gasteiger partial charge on any atom is 0.407 e. The molecular formula is C14H25NO4. The van der Waals surface area contributed by atoms with Crippen LogP contribution in [0.3, 0.4) is 0 Å². The summed E-state index contributed by atoms with van der Waals surface area (Å²) in [4.78, 5) is 23.0. The highest BCUT2D eigenvalue weighted by Gasteiger charge is 2.32. The molecule has 0 aromatic carbocycles. The fourth-order valence-electron chi connectivity index (χ4n) is 1.93. The molecule has 110 valence electrons. The number of alkyl carbamates (subject to hydrolysis) is 1. The van der Waals surface area contributed by atoms with Crippen molar-refractivity contribution in [3.63, 3.8) is 0 Å². The van der Waals surface area contributed by atoms with E-state index in [1.165, 1.54) is 0 Å². The molecule has 0 spiro atoms. The van der Waals surface area contributed by atoms with Crippen LogP contribution in [0.1, 0.15) is 52.9 Å². The van der Waals surface area contributed by atoms with E-state index >= 15 is 0 Å². The van der Waals surface area contributed by atoms with E-state index in [-0.39, 0.29) is 18.2 Å². The van der Waals surface area contributed by atoms with Gasteiger partial charge in [0.15, 0.2) is 0 Å². The number of rotatable bonds is 4. The first-order chi connectivity index (χ1) is 8.89. The lowest BCUT2D eigenvalue weighted by Crippen LogP contribution is -2.35. The van der Waals surface area contributed by atoms with Gasteiger partial charge in [-0.3, -0.25) is 4.79 Å². The first-order valence-corrected chi connectivity index (χ1v) is 6.98. The Hall–Kier alpha value is -1.26. The normalized spacial score (nSPS) is 23.6. The zero-order valence-electron chi connectivity index (χ0n) is 12.3. The minimum atomic E-state index is -0.421. The molecule has 0 radical (unpaired) electrons. The van der Waals surface area contributed by atoms with Crippen molar-refractivity contribution in [1.82, 2.24) is 5.32 Å². The molecule has 1 aliphatic rings. The Morgan fingerprint density at radius 3 is 2.00 bits per heavy atom. The Balaban J connectivity index is 2.34. The van der Waals surface area contributed by atoms with E-state index in [0.29, 0.717) is 0 Å². The van der Waals surface area contributed by atoms with Gasteiger partial charge in [-0.25, -0.2) is 4.79 Å². The SMILES string of the molecule is CCC(C)(C)C(=O)OC1CCC(OC(=O)NC)CC1. The summed E-state index contributed by atoms with van der Waals surface area (Å²) >= 11 is 0. The van der Waals surface area contributed by atoms with Crippen LogP contribution in [-0.2, 0) is 14.3 Å². The van der Waals surface area contributed by atoms with Crippen molar-refractivity contribution < 1.29 is 19.1 Å². The molecule has 0 unspecified atom stereocenters. The molecule has 5 nitrogen and oxygen atoms in total. The number of ether oxygens (including phenoxy) is 2. The average molecular weight is 271 g/mol. The third-order valence-corrected chi connectivity index (χ3v) is 3.81. The second-order valence-corrected chi connectivity index (χ2v) is 5.70. The molecule has 1 rings (SSSR count). The molecule has 0 aromatic rings. The minimum Gasteiger partial charge on any atom is -0.462 e. The maximum absolute atomic E-state index is 12.0. The van der Waals surface area contributed by atoms with Crippen LogP contribution in [-0.4, -0.2) is 31.3 Å². The number of amides is 1. The van der Waals surface area contributed by atoms with Gasteiger partial charge < -0.3 is 14.8 Å². The molecule has 0 aliphatic heterocycles.